The molecule has 12 heavy (non-hydrogen) atoms. The summed E-state index contributed by atoms with van der Waals surface area (Å²) in [6.07, 6.45) is 1.77. The number of aromatic nitrogens is 1. The zero-order valence-corrected chi connectivity index (χ0v) is 6.95. The van der Waals surface area contributed by atoms with Gasteiger partial charge in [-0.2, -0.15) is 0 Å². The summed E-state index contributed by atoms with van der Waals surface area (Å²) in [5, 5.41) is 0. The first-order valence-electron chi connectivity index (χ1n) is 3.97. The number of aliphatic imine (C=N–C) groups is 1. The zero-order chi connectivity index (χ0) is 8.39. The molecule has 0 N–H and O–H groups in total. The standard InChI is InChI=1S/C9H10N2O/c1-7-8(3-2-4-10-7)9-11-5-6-12-9/h2-4H,5-6H2,1H3. The molecule has 0 aromatic carbocycles. The second-order valence-corrected chi connectivity index (χ2v) is 2.67. The summed E-state index contributed by atoms with van der Waals surface area (Å²) >= 11 is 0. The summed E-state index contributed by atoms with van der Waals surface area (Å²) in [5.41, 5.74) is 1.98. The number of pyridine rings is 1. The molecule has 0 radical (unpaired) electrons. The van der Waals surface area contributed by atoms with E-state index >= 15 is 0 Å². The van der Waals surface area contributed by atoms with Gasteiger partial charge in [-0.05, 0) is 19.1 Å². The van der Waals surface area contributed by atoms with Gasteiger partial charge in [-0.1, -0.05) is 0 Å². The molecule has 0 saturated carbocycles. The van der Waals surface area contributed by atoms with Crippen LogP contribution in [0.25, 0.3) is 0 Å². The maximum atomic E-state index is 5.33. The molecule has 2 rings (SSSR count). The lowest BCUT2D eigenvalue weighted by Crippen LogP contribution is -2.04. The fraction of sp³-hybridized carbons (Fsp3) is 0.333. The number of hydrogen-bond donors (Lipinski definition) is 0. The molecular formula is C9H10N2O. The van der Waals surface area contributed by atoms with Crippen molar-refractivity contribution in [1.82, 2.24) is 4.98 Å². The normalized spacial score (nSPS) is 15.6. The molecule has 1 aliphatic heterocycles. The molecule has 0 bridgehead atoms. The Labute approximate surface area is 71.1 Å². The smallest absolute Gasteiger partial charge is 0.218 e. The third kappa shape index (κ3) is 1.18. The van der Waals surface area contributed by atoms with Crippen LogP contribution < -0.4 is 0 Å². The summed E-state index contributed by atoms with van der Waals surface area (Å²) in [6.45, 7) is 3.42. The summed E-state index contributed by atoms with van der Waals surface area (Å²) < 4.78 is 5.33. The molecular weight excluding hydrogens is 152 g/mol. The lowest BCUT2D eigenvalue weighted by atomic mass is 10.2. The first kappa shape index (κ1) is 7.28. The first-order valence-corrected chi connectivity index (χ1v) is 3.97. The van der Waals surface area contributed by atoms with Gasteiger partial charge >= 0.3 is 0 Å². The Morgan fingerprint density at radius 3 is 3.08 bits per heavy atom. The molecule has 1 aromatic heterocycles. The number of ether oxygens (including phenoxy) is 1. The van der Waals surface area contributed by atoms with Crippen LogP contribution in [0.2, 0.25) is 0 Å². The molecule has 0 aliphatic carbocycles. The Kier molecular flexibility index (Phi) is 1.78. The van der Waals surface area contributed by atoms with E-state index in [9.17, 15) is 0 Å². The molecule has 3 nitrogen and oxygen atoms in total. The van der Waals surface area contributed by atoms with E-state index in [1.165, 1.54) is 0 Å². The fourth-order valence-electron chi connectivity index (χ4n) is 1.21. The van der Waals surface area contributed by atoms with E-state index in [1.54, 1.807) is 6.20 Å². The van der Waals surface area contributed by atoms with Gasteiger partial charge in [0.1, 0.15) is 6.61 Å². The number of aryl methyl sites for hydroxylation is 1. The molecule has 3 heteroatoms. The van der Waals surface area contributed by atoms with E-state index in [2.05, 4.69) is 9.98 Å². The topological polar surface area (TPSA) is 34.5 Å². The largest absolute Gasteiger partial charge is 0.475 e. The van der Waals surface area contributed by atoms with Crippen molar-refractivity contribution in [3.8, 4) is 0 Å². The maximum absolute atomic E-state index is 5.33. The van der Waals surface area contributed by atoms with Crippen LogP contribution in [0.15, 0.2) is 23.3 Å². The molecule has 0 atom stereocenters. The van der Waals surface area contributed by atoms with Gasteiger partial charge in [0.2, 0.25) is 5.90 Å². The minimum atomic E-state index is 0.698. The Morgan fingerprint density at radius 1 is 1.50 bits per heavy atom. The predicted octanol–water partition coefficient (Wildman–Crippen LogP) is 1.17. The van der Waals surface area contributed by atoms with Crippen molar-refractivity contribution in [2.45, 2.75) is 6.92 Å². The van der Waals surface area contributed by atoms with Crippen molar-refractivity contribution in [2.24, 2.45) is 4.99 Å². The van der Waals surface area contributed by atoms with Gasteiger partial charge < -0.3 is 4.74 Å². The highest BCUT2D eigenvalue weighted by atomic mass is 16.5. The SMILES string of the molecule is Cc1ncccc1C1=NCCO1. The van der Waals surface area contributed by atoms with E-state index in [1.807, 2.05) is 19.1 Å². The van der Waals surface area contributed by atoms with Gasteiger partial charge in [0.15, 0.2) is 0 Å². The molecule has 0 spiro atoms. The van der Waals surface area contributed by atoms with Crippen LogP contribution in [-0.2, 0) is 4.74 Å². The highest BCUT2D eigenvalue weighted by molar-refractivity contribution is 5.95. The number of nitrogens with zero attached hydrogens (tertiary/aromatic N) is 2. The fourth-order valence-corrected chi connectivity index (χ4v) is 1.21. The number of hydrogen-bond acceptors (Lipinski definition) is 3. The third-order valence-corrected chi connectivity index (χ3v) is 1.82. The summed E-state index contributed by atoms with van der Waals surface area (Å²) in [4.78, 5) is 8.38. The predicted molar refractivity (Wildman–Crippen MR) is 46.3 cm³/mol. The van der Waals surface area contributed by atoms with Gasteiger partial charge in [0, 0.05) is 11.9 Å². The monoisotopic (exact) mass is 162 g/mol. The summed E-state index contributed by atoms with van der Waals surface area (Å²) in [5.74, 6) is 0.737. The van der Waals surface area contributed by atoms with Crippen LogP contribution in [0, 0.1) is 6.92 Å². The second-order valence-electron chi connectivity index (χ2n) is 2.67. The van der Waals surface area contributed by atoms with Crippen molar-refractivity contribution in [1.29, 1.82) is 0 Å². The van der Waals surface area contributed by atoms with Gasteiger partial charge in [-0.15, -0.1) is 0 Å². The Hall–Kier alpha value is -1.38. The summed E-state index contributed by atoms with van der Waals surface area (Å²) in [7, 11) is 0. The molecule has 0 fully saturated rings. The highest BCUT2D eigenvalue weighted by Crippen LogP contribution is 2.09. The maximum Gasteiger partial charge on any atom is 0.218 e. The molecule has 0 amide bonds. The van der Waals surface area contributed by atoms with E-state index < -0.39 is 0 Å². The van der Waals surface area contributed by atoms with Crippen molar-refractivity contribution in [3.63, 3.8) is 0 Å². The van der Waals surface area contributed by atoms with Crippen molar-refractivity contribution >= 4 is 5.90 Å². The Bertz CT molecular complexity index is 320. The van der Waals surface area contributed by atoms with E-state index in [0.717, 1.165) is 23.7 Å². The van der Waals surface area contributed by atoms with Crippen LogP contribution in [0.3, 0.4) is 0 Å². The van der Waals surface area contributed by atoms with Crippen molar-refractivity contribution in [3.05, 3.63) is 29.6 Å². The molecule has 1 aliphatic rings. The Morgan fingerprint density at radius 2 is 2.42 bits per heavy atom. The van der Waals surface area contributed by atoms with E-state index in [4.69, 9.17) is 4.74 Å². The van der Waals surface area contributed by atoms with Crippen LogP contribution in [0.1, 0.15) is 11.3 Å². The van der Waals surface area contributed by atoms with Crippen molar-refractivity contribution < 1.29 is 4.74 Å². The first-order chi connectivity index (χ1) is 5.88. The molecule has 0 unspecified atom stereocenters. The molecule has 1 aromatic rings. The third-order valence-electron chi connectivity index (χ3n) is 1.82. The van der Waals surface area contributed by atoms with Gasteiger partial charge in [0.05, 0.1) is 12.1 Å². The quantitative estimate of drug-likeness (QED) is 0.621. The summed E-state index contributed by atoms with van der Waals surface area (Å²) in [6, 6.07) is 3.87. The lowest BCUT2D eigenvalue weighted by molar-refractivity contribution is 0.348. The minimum absolute atomic E-state index is 0.698. The van der Waals surface area contributed by atoms with E-state index in [0.29, 0.717) is 6.61 Å². The molecule has 62 valence electrons. The van der Waals surface area contributed by atoms with Gasteiger partial charge in [0.25, 0.3) is 0 Å². The van der Waals surface area contributed by atoms with E-state index in [-0.39, 0.29) is 0 Å². The zero-order valence-electron chi connectivity index (χ0n) is 6.95. The van der Waals surface area contributed by atoms with Crippen LogP contribution in [-0.4, -0.2) is 24.0 Å². The van der Waals surface area contributed by atoms with Gasteiger partial charge in [-0.25, -0.2) is 4.99 Å². The highest BCUT2D eigenvalue weighted by Gasteiger charge is 2.11. The van der Waals surface area contributed by atoms with Gasteiger partial charge in [-0.3, -0.25) is 4.98 Å². The van der Waals surface area contributed by atoms with Crippen LogP contribution >= 0.6 is 0 Å². The Balaban J connectivity index is 2.39. The average Bonchev–Trinajstić information content (AvgIpc) is 2.57. The lowest BCUT2D eigenvalue weighted by Gasteiger charge is -2.02. The van der Waals surface area contributed by atoms with Crippen molar-refractivity contribution in [2.75, 3.05) is 13.2 Å². The minimum Gasteiger partial charge on any atom is -0.475 e. The average molecular weight is 162 g/mol. The van der Waals surface area contributed by atoms with Crippen LogP contribution in [0.4, 0.5) is 0 Å². The second kappa shape index (κ2) is 2.93. The molecule has 0 saturated heterocycles. The molecule has 2 heterocycles. The number of rotatable bonds is 1. The van der Waals surface area contributed by atoms with Crippen LogP contribution in [0.5, 0.6) is 0 Å².